The molecule has 3 aromatic rings. The molecule has 1 aliphatic rings. The summed E-state index contributed by atoms with van der Waals surface area (Å²) in [5, 5.41) is 17.1. The average molecular weight is 436 g/mol. The summed E-state index contributed by atoms with van der Waals surface area (Å²) in [5.41, 5.74) is 2.86. The fraction of sp³-hybridized carbons (Fsp3) is 0.417. The summed E-state index contributed by atoms with van der Waals surface area (Å²) in [7, 11) is 0. The summed E-state index contributed by atoms with van der Waals surface area (Å²) < 4.78 is 8.18. The number of aromatic carboxylic acids is 1. The number of benzene rings is 1. The van der Waals surface area contributed by atoms with E-state index in [1.165, 1.54) is 0 Å². The van der Waals surface area contributed by atoms with Crippen molar-refractivity contribution >= 4 is 17.6 Å². The van der Waals surface area contributed by atoms with Crippen molar-refractivity contribution in [3.05, 3.63) is 54.0 Å². The number of hydrogen-bond acceptors (Lipinski definition) is 6. The number of carboxylic acid groups (broad SMARTS) is 1. The maximum atomic E-state index is 11.3. The first-order chi connectivity index (χ1) is 15.0. The van der Waals surface area contributed by atoms with E-state index in [-0.39, 0.29) is 22.8 Å². The van der Waals surface area contributed by atoms with Crippen LogP contribution in [0.4, 0.5) is 11.6 Å². The molecule has 8 nitrogen and oxygen atoms in total. The number of ether oxygens (including phenoxy) is 1. The van der Waals surface area contributed by atoms with Gasteiger partial charge in [0.25, 0.3) is 0 Å². The molecule has 3 heterocycles. The minimum atomic E-state index is -0.969. The van der Waals surface area contributed by atoms with E-state index in [9.17, 15) is 9.90 Å². The molecule has 0 amide bonds. The lowest BCUT2D eigenvalue weighted by atomic mass is 9.85. The number of nitrogens with one attached hydrogen (secondary N) is 1. The molecular weight excluding hydrogens is 406 g/mol. The summed E-state index contributed by atoms with van der Waals surface area (Å²) in [4.78, 5) is 20.4. The van der Waals surface area contributed by atoms with Gasteiger partial charge in [-0.15, -0.1) is 0 Å². The molecule has 1 aliphatic heterocycles. The van der Waals surface area contributed by atoms with Crippen LogP contribution in [0.15, 0.2) is 42.9 Å². The SMILES string of the molecule is Cc1cnc(Nc2cnn(C3CC(C)(C)OC(C)(C)C3)c2)nc1-c1cccc(C(=O)O)c1. The summed E-state index contributed by atoms with van der Waals surface area (Å²) in [6, 6.07) is 6.98. The van der Waals surface area contributed by atoms with Crippen molar-refractivity contribution < 1.29 is 14.6 Å². The van der Waals surface area contributed by atoms with Crippen LogP contribution in [-0.2, 0) is 4.74 Å². The maximum Gasteiger partial charge on any atom is 0.335 e. The van der Waals surface area contributed by atoms with Crippen LogP contribution >= 0.6 is 0 Å². The number of aromatic nitrogens is 4. The highest BCUT2D eigenvalue weighted by atomic mass is 16.5. The lowest BCUT2D eigenvalue weighted by Gasteiger charge is -2.45. The lowest BCUT2D eigenvalue weighted by molar-refractivity contribution is -0.170. The van der Waals surface area contributed by atoms with Crippen molar-refractivity contribution in [3.63, 3.8) is 0 Å². The second-order valence-corrected chi connectivity index (χ2v) is 9.63. The van der Waals surface area contributed by atoms with Gasteiger partial charge in [0, 0.05) is 18.0 Å². The van der Waals surface area contributed by atoms with Gasteiger partial charge in [-0.25, -0.2) is 14.8 Å². The Morgan fingerprint density at radius 3 is 2.59 bits per heavy atom. The summed E-state index contributed by atoms with van der Waals surface area (Å²) in [6.45, 7) is 10.4. The number of anilines is 2. The number of aryl methyl sites for hydroxylation is 1. The molecule has 0 atom stereocenters. The molecule has 0 saturated carbocycles. The Morgan fingerprint density at radius 2 is 1.91 bits per heavy atom. The normalized spacial score (nSPS) is 17.8. The zero-order chi connectivity index (χ0) is 23.1. The van der Waals surface area contributed by atoms with Crippen LogP contribution in [0, 0.1) is 6.92 Å². The highest BCUT2D eigenvalue weighted by molar-refractivity contribution is 5.89. The maximum absolute atomic E-state index is 11.3. The van der Waals surface area contributed by atoms with Gasteiger partial charge in [0.15, 0.2) is 0 Å². The van der Waals surface area contributed by atoms with E-state index < -0.39 is 5.97 Å². The van der Waals surface area contributed by atoms with Crippen LogP contribution in [0.3, 0.4) is 0 Å². The molecule has 1 fully saturated rings. The highest BCUT2D eigenvalue weighted by Gasteiger charge is 2.40. The van der Waals surface area contributed by atoms with Gasteiger partial charge in [0.2, 0.25) is 5.95 Å². The molecule has 2 N–H and O–H groups in total. The highest BCUT2D eigenvalue weighted by Crippen LogP contribution is 2.40. The predicted molar refractivity (Wildman–Crippen MR) is 122 cm³/mol. The fourth-order valence-electron chi connectivity index (χ4n) is 4.55. The second kappa shape index (κ2) is 8.02. The number of carbonyl (C=O) groups is 1. The smallest absolute Gasteiger partial charge is 0.335 e. The average Bonchev–Trinajstić information content (AvgIpc) is 3.16. The van der Waals surface area contributed by atoms with E-state index in [0.29, 0.717) is 11.6 Å². The second-order valence-electron chi connectivity index (χ2n) is 9.63. The van der Waals surface area contributed by atoms with E-state index in [4.69, 9.17) is 4.74 Å². The first-order valence-corrected chi connectivity index (χ1v) is 10.7. The van der Waals surface area contributed by atoms with Gasteiger partial charge in [0.1, 0.15) is 0 Å². The monoisotopic (exact) mass is 435 g/mol. The van der Waals surface area contributed by atoms with Crippen molar-refractivity contribution in [3.8, 4) is 11.3 Å². The molecule has 4 rings (SSSR count). The molecular formula is C24H29N5O3. The van der Waals surface area contributed by atoms with Gasteiger partial charge in [0.05, 0.1) is 40.4 Å². The number of rotatable bonds is 5. The van der Waals surface area contributed by atoms with Crippen molar-refractivity contribution in [2.45, 2.75) is 64.7 Å². The van der Waals surface area contributed by atoms with E-state index >= 15 is 0 Å². The molecule has 0 unspecified atom stereocenters. The minimum absolute atomic E-state index is 0.217. The van der Waals surface area contributed by atoms with Crippen LogP contribution < -0.4 is 5.32 Å². The first kappa shape index (κ1) is 22.0. The molecule has 0 aliphatic carbocycles. The van der Waals surface area contributed by atoms with Crippen molar-refractivity contribution in [1.29, 1.82) is 0 Å². The fourth-order valence-corrected chi connectivity index (χ4v) is 4.55. The minimum Gasteiger partial charge on any atom is -0.478 e. The first-order valence-electron chi connectivity index (χ1n) is 10.7. The molecule has 1 aromatic carbocycles. The summed E-state index contributed by atoms with van der Waals surface area (Å²) >= 11 is 0. The summed E-state index contributed by atoms with van der Waals surface area (Å²) in [5.74, 6) is -0.540. The largest absolute Gasteiger partial charge is 0.478 e. The molecule has 0 spiro atoms. The predicted octanol–water partition coefficient (Wildman–Crippen LogP) is 5.00. The Labute approximate surface area is 187 Å². The molecule has 1 saturated heterocycles. The van der Waals surface area contributed by atoms with E-state index in [1.54, 1.807) is 30.6 Å². The van der Waals surface area contributed by atoms with Gasteiger partial charge in [-0.2, -0.15) is 5.10 Å². The third kappa shape index (κ3) is 4.80. The Morgan fingerprint density at radius 1 is 1.19 bits per heavy atom. The Hall–Kier alpha value is -3.26. The Balaban J connectivity index is 1.56. The van der Waals surface area contributed by atoms with E-state index in [2.05, 4.69) is 48.1 Å². The molecule has 0 radical (unpaired) electrons. The Kier molecular flexibility index (Phi) is 5.50. The van der Waals surface area contributed by atoms with E-state index in [1.807, 2.05) is 23.9 Å². The zero-order valence-corrected chi connectivity index (χ0v) is 19.1. The third-order valence-electron chi connectivity index (χ3n) is 5.59. The van der Waals surface area contributed by atoms with Crippen LogP contribution in [0.2, 0.25) is 0 Å². The topological polar surface area (TPSA) is 102 Å². The van der Waals surface area contributed by atoms with Crippen LogP contribution in [-0.4, -0.2) is 42.0 Å². The van der Waals surface area contributed by atoms with Gasteiger partial charge in [-0.05, 0) is 65.2 Å². The molecule has 168 valence electrons. The van der Waals surface area contributed by atoms with Crippen LogP contribution in [0.25, 0.3) is 11.3 Å². The standard InChI is InChI=1S/C24H29N5O3/c1-15-12-25-22(28-20(15)16-7-6-8-17(9-16)21(30)31)27-18-13-26-29(14-18)19-10-23(2,3)32-24(4,5)11-19/h6-9,12-14,19H,10-11H2,1-5H3,(H,30,31)(H,25,27,28). The van der Waals surface area contributed by atoms with Crippen LogP contribution in [0.5, 0.6) is 0 Å². The molecule has 32 heavy (non-hydrogen) atoms. The lowest BCUT2D eigenvalue weighted by Crippen LogP contribution is -2.45. The van der Waals surface area contributed by atoms with Crippen molar-refractivity contribution in [1.82, 2.24) is 19.7 Å². The van der Waals surface area contributed by atoms with Gasteiger partial charge < -0.3 is 15.2 Å². The molecule has 8 heteroatoms. The third-order valence-corrected chi connectivity index (χ3v) is 5.59. The van der Waals surface area contributed by atoms with Gasteiger partial charge in [-0.3, -0.25) is 4.68 Å². The van der Waals surface area contributed by atoms with Crippen LogP contribution in [0.1, 0.15) is 62.5 Å². The molecule has 2 aromatic heterocycles. The Bertz CT molecular complexity index is 1140. The van der Waals surface area contributed by atoms with E-state index in [0.717, 1.165) is 29.7 Å². The summed E-state index contributed by atoms with van der Waals surface area (Å²) in [6.07, 6.45) is 7.22. The van der Waals surface area contributed by atoms with Gasteiger partial charge in [-0.1, -0.05) is 12.1 Å². The zero-order valence-electron chi connectivity index (χ0n) is 19.1. The number of nitrogens with zero attached hydrogens (tertiary/aromatic N) is 4. The number of carboxylic acids is 1. The van der Waals surface area contributed by atoms with Crippen molar-refractivity contribution in [2.24, 2.45) is 0 Å². The number of hydrogen-bond donors (Lipinski definition) is 2. The quantitative estimate of drug-likeness (QED) is 0.581. The molecule has 0 bridgehead atoms. The van der Waals surface area contributed by atoms with Crippen molar-refractivity contribution in [2.75, 3.05) is 5.32 Å². The van der Waals surface area contributed by atoms with Gasteiger partial charge >= 0.3 is 5.97 Å².